The zero-order valence-electron chi connectivity index (χ0n) is 14.8. The Kier molecular flexibility index (Phi) is 4.66. The van der Waals surface area contributed by atoms with E-state index in [1.165, 1.54) is 6.26 Å². The van der Waals surface area contributed by atoms with Crippen LogP contribution in [0.25, 0.3) is 22.5 Å². The summed E-state index contributed by atoms with van der Waals surface area (Å²) in [4.78, 5) is 13.0. The van der Waals surface area contributed by atoms with Crippen LogP contribution in [-0.4, -0.2) is 13.2 Å². The third-order valence-electron chi connectivity index (χ3n) is 4.09. The highest BCUT2D eigenvalue weighted by molar-refractivity contribution is 5.81. The molecule has 0 atom stereocenters. The minimum absolute atomic E-state index is 0.123. The minimum atomic E-state index is -0.234. The molecular weight excluding hydrogens is 344 g/mol. The number of ether oxygens (including phenoxy) is 2. The van der Waals surface area contributed by atoms with Crippen molar-refractivity contribution in [2.75, 3.05) is 13.2 Å². The molecule has 0 radical (unpaired) electrons. The van der Waals surface area contributed by atoms with Crippen molar-refractivity contribution in [2.45, 2.75) is 6.92 Å². The fraction of sp³-hybridized carbons (Fsp3) is 0.136. The van der Waals surface area contributed by atoms with Crippen molar-refractivity contribution in [1.29, 1.82) is 0 Å². The molecule has 2 aromatic carbocycles. The molecular formula is C22H18O5. The summed E-state index contributed by atoms with van der Waals surface area (Å²) in [6, 6.07) is 18.3. The summed E-state index contributed by atoms with van der Waals surface area (Å²) in [6.07, 6.45) is 1.53. The van der Waals surface area contributed by atoms with Gasteiger partial charge in [0.1, 0.15) is 24.5 Å². The van der Waals surface area contributed by atoms with E-state index in [1.807, 2.05) is 49.4 Å². The van der Waals surface area contributed by atoms with Gasteiger partial charge >= 0.3 is 0 Å². The molecule has 0 fully saturated rings. The van der Waals surface area contributed by atoms with Crippen LogP contribution < -0.4 is 14.9 Å². The first-order valence-electron chi connectivity index (χ1n) is 8.64. The number of hydrogen-bond acceptors (Lipinski definition) is 5. The van der Waals surface area contributed by atoms with Crippen LogP contribution in [0.5, 0.6) is 11.5 Å². The predicted octanol–water partition coefficient (Wildman–Crippen LogP) is 4.82. The van der Waals surface area contributed by atoms with Crippen molar-refractivity contribution in [3.05, 3.63) is 82.7 Å². The Bertz CT molecular complexity index is 1090. The maximum Gasteiger partial charge on any atom is 0.235 e. The number of para-hydroxylation sites is 1. The lowest BCUT2D eigenvalue weighted by Gasteiger charge is -2.11. The second-order valence-electron chi connectivity index (χ2n) is 6.08. The van der Waals surface area contributed by atoms with E-state index >= 15 is 0 Å². The first-order valence-corrected chi connectivity index (χ1v) is 8.64. The van der Waals surface area contributed by atoms with Crippen LogP contribution in [0.1, 0.15) is 5.56 Å². The molecule has 136 valence electrons. The molecule has 0 amide bonds. The van der Waals surface area contributed by atoms with Crippen LogP contribution in [0.15, 0.2) is 80.6 Å². The van der Waals surface area contributed by atoms with Crippen molar-refractivity contribution < 1.29 is 18.3 Å². The lowest BCUT2D eigenvalue weighted by atomic mass is 10.1. The zero-order valence-corrected chi connectivity index (χ0v) is 14.8. The Morgan fingerprint density at radius 1 is 0.926 bits per heavy atom. The number of hydrogen-bond donors (Lipinski definition) is 0. The predicted molar refractivity (Wildman–Crippen MR) is 102 cm³/mol. The summed E-state index contributed by atoms with van der Waals surface area (Å²) in [5.74, 6) is 1.59. The molecule has 0 bridgehead atoms. The molecule has 0 saturated carbocycles. The Morgan fingerprint density at radius 3 is 2.52 bits per heavy atom. The molecule has 2 heterocycles. The standard InChI is InChI=1S/C22H18O5/c1-15-9-10-17-19(14-15)27-21(18-8-5-11-25-18)22(20(17)23)26-13-12-24-16-6-3-2-4-7-16/h2-11,14H,12-13H2,1H3. The minimum Gasteiger partial charge on any atom is -0.490 e. The number of fused-ring (bicyclic) bond motifs is 1. The highest BCUT2D eigenvalue weighted by atomic mass is 16.5. The summed E-state index contributed by atoms with van der Waals surface area (Å²) in [5, 5.41) is 0.467. The van der Waals surface area contributed by atoms with Gasteiger partial charge in [0.15, 0.2) is 5.76 Å². The molecule has 27 heavy (non-hydrogen) atoms. The van der Waals surface area contributed by atoms with Gasteiger partial charge in [0, 0.05) is 0 Å². The maximum absolute atomic E-state index is 13.0. The van der Waals surface area contributed by atoms with Crippen LogP contribution in [0.4, 0.5) is 0 Å². The van der Waals surface area contributed by atoms with Gasteiger partial charge in [-0.1, -0.05) is 24.3 Å². The molecule has 0 saturated heterocycles. The number of rotatable bonds is 6. The summed E-state index contributed by atoms with van der Waals surface area (Å²) in [5.41, 5.74) is 1.27. The van der Waals surface area contributed by atoms with Gasteiger partial charge in [-0.25, -0.2) is 0 Å². The van der Waals surface area contributed by atoms with Gasteiger partial charge in [0.25, 0.3) is 0 Å². The first-order chi connectivity index (χ1) is 13.2. The molecule has 0 aliphatic rings. The number of aryl methyl sites for hydroxylation is 1. The molecule has 2 aromatic heterocycles. The Balaban J connectivity index is 1.64. The molecule has 4 aromatic rings. The summed E-state index contributed by atoms with van der Waals surface area (Å²) in [6.45, 7) is 2.44. The van der Waals surface area contributed by atoms with Crippen LogP contribution in [-0.2, 0) is 0 Å². The van der Waals surface area contributed by atoms with Crippen molar-refractivity contribution in [3.63, 3.8) is 0 Å². The van der Waals surface area contributed by atoms with E-state index in [9.17, 15) is 4.79 Å². The molecule has 0 unspecified atom stereocenters. The van der Waals surface area contributed by atoms with E-state index in [2.05, 4.69) is 0 Å². The Morgan fingerprint density at radius 2 is 1.74 bits per heavy atom. The Labute approximate surface area is 155 Å². The van der Waals surface area contributed by atoms with Gasteiger partial charge in [0.2, 0.25) is 16.9 Å². The van der Waals surface area contributed by atoms with E-state index < -0.39 is 0 Å². The highest BCUT2D eigenvalue weighted by Gasteiger charge is 2.19. The average Bonchev–Trinajstić information content (AvgIpc) is 3.21. The van der Waals surface area contributed by atoms with Gasteiger partial charge in [-0.2, -0.15) is 0 Å². The van der Waals surface area contributed by atoms with Crippen LogP contribution in [0.3, 0.4) is 0 Å². The van der Waals surface area contributed by atoms with Crippen molar-refractivity contribution in [1.82, 2.24) is 0 Å². The molecule has 0 spiro atoms. The van der Waals surface area contributed by atoms with Gasteiger partial charge in [-0.3, -0.25) is 4.79 Å². The topological polar surface area (TPSA) is 61.8 Å². The number of benzene rings is 2. The summed E-state index contributed by atoms with van der Waals surface area (Å²) in [7, 11) is 0. The lowest BCUT2D eigenvalue weighted by Crippen LogP contribution is -2.15. The summed E-state index contributed by atoms with van der Waals surface area (Å²) >= 11 is 0. The average molecular weight is 362 g/mol. The van der Waals surface area contributed by atoms with Crippen molar-refractivity contribution >= 4 is 11.0 Å². The molecule has 0 aliphatic heterocycles. The highest BCUT2D eigenvalue weighted by Crippen LogP contribution is 2.31. The zero-order chi connectivity index (χ0) is 18.6. The van der Waals surface area contributed by atoms with Crippen LogP contribution in [0.2, 0.25) is 0 Å². The fourth-order valence-corrected chi connectivity index (χ4v) is 2.80. The third-order valence-corrected chi connectivity index (χ3v) is 4.09. The monoisotopic (exact) mass is 362 g/mol. The van der Waals surface area contributed by atoms with E-state index in [-0.39, 0.29) is 23.5 Å². The molecule has 0 N–H and O–H groups in total. The molecule has 5 heteroatoms. The molecule has 4 rings (SSSR count). The summed E-state index contributed by atoms with van der Waals surface area (Å²) < 4.78 is 22.8. The quantitative estimate of drug-likeness (QED) is 0.460. The van der Waals surface area contributed by atoms with Gasteiger partial charge in [-0.15, -0.1) is 0 Å². The van der Waals surface area contributed by atoms with Crippen molar-refractivity contribution in [3.8, 4) is 23.0 Å². The largest absolute Gasteiger partial charge is 0.490 e. The normalized spacial score (nSPS) is 10.9. The van der Waals surface area contributed by atoms with Gasteiger partial charge < -0.3 is 18.3 Å². The molecule has 0 aliphatic carbocycles. The first kappa shape index (κ1) is 17.0. The maximum atomic E-state index is 13.0. The van der Waals surface area contributed by atoms with E-state index in [0.29, 0.717) is 23.3 Å². The Hall–Kier alpha value is -3.47. The van der Waals surface area contributed by atoms with Crippen LogP contribution >= 0.6 is 0 Å². The lowest BCUT2D eigenvalue weighted by molar-refractivity contribution is 0.214. The van der Waals surface area contributed by atoms with Gasteiger partial charge in [-0.05, 0) is 48.9 Å². The molecule has 5 nitrogen and oxygen atoms in total. The SMILES string of the molecule is Cc1ccc2c(=O)c(OCCOc3ccccc3)c(-c3ccco3)oc2c1. The van der Waals surface area contributed by atoms with E-state index in [0.717, 1.165) is 11.3 Å². The smallest absolute Gasteiger partial charge is 0.235 e. The second-order valence-corrected chi connectivity index (χ2v) is 6.08. The van der Waals surface area contributed by atoms with Gasteiger partial charge in [0.05, 0.1) is 11.6 Å². The van der Waals surface area contributed by atoms with Crippen molar-refractivity contribution in [2.24, 2.45) is 0 Å². The fourth-order valence-electron chi connectivity index (χ4n) is 2.80. The van der Waals surface area contributed by atoms with E-state index in [4.69, 9.17) is 18.3 Å². The number of furan rings is 1. The second kappa shape index (κ2) is 7.41. The van der Waals surface area contributed by atoms with E-state index in [1.54, 1.807) is 18.2 Å². The van der Waals surface area contributed by atoms with Crippen LogP contribution in [0, 0.1) is 6.92 Å². The third kappa shape index (κ3) is 3.58.